The van der Waals surface area contributed by atoms with E-state index in [1.165, 1.54) is 12.0 Å². The zero-order valence-corrected chi connectivity index (χ0v) is 10.1. The van der Waals surface area contributed by atoms with Gasteiger partial charge >= 0.3 is 0 Å². The molecule has 0 heterocycles. The maximum atomic E-state index is 3.45. The van der Waals surface area contributed by atoms with Crippen molar-refractivity contribution < 1.29 is 0 Å². The molecular weight excluding hydrogens is 200 g/mol. The average molecular weight is 219 g/mol. The predicted molar refractivity (Wildman–Crippen MR) is 66.2 cm³/mol. The van der Waals surface area contributed by atoms with Crippen LogP contribution in [0.25, 0.3) is 0 Å². The van der Waals surface area contributed by atoms with Crippen LogP contribution in [0.4, 0.5) is 0 Å². The van der Waals surface area contributed by atoms with Crippen molar-refractivity contribution in [1.82, 2.24) is 10.6 Å². The lowest BCUT2D eigenvalue weighted by molar-refractivity contribution is 0.607. The molecule has 1 aromatic carbocycles. The molecule has 0 spiro atoms. The van der Waals surface area contributed by atoms with Crippen LogP contribution in [0, 0.1) is 0 Å². The van der Waals surface area contributed by atoms with Gasteiger partial charge in [0.2, 0.25) is 0 Å². The zero-order chi connectivity index (χ0) is 10.8. The number of rotatable bonds is 8. The van der Waals surface area contributed by atoms with Gasteiger partial charge < -0.3 is 10.6 Å². The van der Waals surface area contributed by atoms with E-state index in [0.29, 0.717) is 0 Å². The summed E-state index contributed by atoms with van der Waals surface area (Å²) in [5, 5.41) is 6.78. The normalized spacial score (nSPS) is 10.5. The maximum Gasteiger partial charge on any atom is 0.0222 e. The van der Waals surface area contributed by atoms with Crippen LogP contribution in [0.15, 0.2) is 30.3 Å². The highest BCUT2D eigenvalue weighted by Crippen LogP contribution is 1.96. The van der Waals surface area contributed by atoms with Gasteiger partial charge in [0.1, 0.15) is 0 Å². The molecule has 0 saturated heterocycles. The van der Waals surface area contributed by atoms with E-state index in [9.17, 15) is 0 Å². The Hall–Kier alpha value is -0.643. The van der Waals surface area contributed by atoms with Crippen LogP contribution in [-0.2, 0) is 6.54 Å². The minimum atomic E-state index is 0.959. The molecule has 81 valence electrons. The minimum absolute atomic E-state index is 0.959. The smallest absolute Gasteiger partial charge is 0.0222 e. The fourth-order valence-corrected chi connectivity index (χ4v) is 1.52. The number of benzene rings is 1. The standard InChI is InChI=1S/C12H19N2Si/c15-10-4-7-13-8-9-14-11-12-5-2-1-3-6-12/h1-3,5-6,13-14H,4,7-11H2. The van der Waals surface area contributed by atoms with Gasteiger partial charge in [-0.2, -0.15) is 0 Å². The second-order valence-electron chi connectivity index (χ2n) is 3.52. The molecule has 0 unspecified atom stereocenters. The van der Waals surface area contributed by atoms with E-state index < -0.39 is 0 Å². The Bertz CT molecular complexity index is 239. The van der Waals surface area contributed by atoms with Crippen LogP contribution >= 0.6 is 0 Å². The van der Waals surface area contributed by atoms with Gasteiger partial charge in [0, 0.05) is 29.9 Å². The van der Waals surface area contributed by atoms with Gasteiger partial charge in [-0.3, -0.25) is 0 Å². The molecule has 0 aromatic heterocycles. The highest BCUT2D eigenvalue weighted by atomic mass is 28.1. The van der Waals surface area contributed by atoms with Crippen molar-refractivity contribution in [2.24, 2.45) is 0 Å². The zero-order valence-electron chi connectivity index (χ0n) is 9.13. The number of hydrogen-bond donors (Lipinski definition) is 2. The highest BCUT2D eigenvalue weighted by molar-refractivity contribution is 6.08. The fraction of sp³-hybridized carbons (Fsp3) is 0.500. The van der Waals surface area contributed by atoms with Crippen molar-refractivity contribution in [2.75, 3.05) is 19.6 Å². The van der Waals surface area contributed by atoms with Crippen LogP contribution in [0.3, 0.4) is 0 Å². The second-order valence-corrected chi connectivity index (χ2v) is 4.02. The lowest BCUT2D eigenvalue weighted by atomic mass is 10.2. The van der Waals surface area contributed by atoms with Gasteiger partial charge in [0.05, 0.1) is 0 Å². The minimum Gasteiger partial charge on any atom is -0.315 e. The van der Waals surface area contributed by atoms with E-state index in [2.05, 4.69) is 45.1 Å². The summed E-state index contributed by atoms with van der Waals surface area (Å²) in [6.07, 6.45) is 1.19. The molecule has 0 bridgehead atoms. The SMILES string of the molecule is [Si]CCCNCCNCc1ccccc1. The van der Waals surface area contributed by atoms with Crippen LogP contribution in [0.5, 0.6) is 0 Å². The molecule has 3 radical (unpaired) electrons. The lowest BCUT2D eigenvalue weighted by Crippen LogP contribution is -2.27. The van der Waals surface area contributed by atoms with E-state index in [1.807, 2.05) is 6.07 Å². The van der Waals surface area contributed by atoms with Gasteiger partial charge in [-0.25, -0.2) is 0 Å². The largest absolute Gasteiger partial charge is 0.315 e. The predicted octanol–water partition coefficient (Wildman–Crippen LogP) is 1.34. The molecule has 0 aliphatic heterocycles. The van der Waals surface area contributed by atoms with E-state index in [-0.39, 0.29) is 0 Å². The van der Waals surface area contributed by atoms with E-state index in [0.717, 1.165) is 32.2 Å². The molecule has 15 heavy (non-hydrogen) atoms. The Balaban J connectivity index is 1.93. The van der Waals surface area contributed by atoms with E-state index in [4.69, 9.17) is 0 Å². The monoisotopic (exact) mass is 219 g/mol. The third kappa shape index (κ3) is 6.44. The summed E-state index contributed by atoms with van der Waals surface area (Å²) in [4.78, 5) is 0. The van der Waals surface area contributed by atoms with Crippen molar-refractivity contribution >= 4 is 10.2 Å². The van der Waals surface area contributed by atoms with Crippen LogP contribution < -0.4 is 10.6 Å². The Morgan fingerprint density at radius 2 is 1.67 bits per heavy atom. The van der Waals surface area contributed by atoms with Crippen molar-refractivity contribution in [2.45, 2.75) is 19.0 Å². The Morgan fingerprint density at radius 1 is 0.933 bits per heavy atom. The molecule has 0 aliphatic carbocycles. The first kappa shape index (κ1) is 12.4. The van der Waals surface area contributed by atoms with E-state index in [1.54, 1.807) is 0 Å². The summed E-state index contributed by atoms with van der Waals surface area (Å²) in [6.45, 7) is 4.12. The summed E-state index contributed by atoms with van der Waals surface area (Å²) in [5.41, 5.74) is 1.35. The molecule has 1 rings (SSSR count). The third-order valence-corrected chi connectivity index (χ3v) is 2.53. The molecule has 0 atom stereocenters. The molecule has 3 heteroatoms. The first-order valence-electron chi connectivity index (χ1n) is 5.53. The van der Waals surface area contributed by atoms with Gasteiger partial charge in [-0.15, -0.1) is 0 Å². The fourth-order valence-electron chi connectivity index (χ4n) is 1.34. The van der Waals surface area contributed by atoms with Crippen molar-refractivity contribution in [3.05, 3.63) is 35.9 Å². The van der Waals surface area contributed by atoms with Crippen molar-refractivity contribution in [3.63, 3.8) is 0 Å². The molecule has 0 aliphatic rings. The van der Waals surface area contributed by atoms with Gasteiger partial charge in [0.15, 0.2) is 0 Å². The second kappa shape index (κ2) is 8.65. The summed E-state index contributed by atoms with van der Waals surface area (Å²) in [6, 6.07) is 11.6. The molecule has 1 aromatic rings. The summed E-state index contributed by atoms with van der Waals surface area (Å²) in [7, 11) is 3.45. The molecule has 0 amide bonds. The Labute approximate surface area is 95.9 Å². The lowest BCUT2D eigenvalue weighted by Gasteiger charge is -2.06. The highest BCUT2D eigenvalue weighted by Gasteiger charge is 1.90. The quantitative estimate of drug-likeness (QED) is 0.509. The van der Waals surface area contributed by atoms with Crippen molar-refractivity contribution in [1.29, 1.82) is 0 Å². The molecule has 0 fully saturated rings. The molecule has 0 saturated carbocycles. The van der Waals surface area contributed by atoms with Gasteiger partial charge in [0.25, 0.3) is 0 Å². The third-order valence-electron chi connectivity index (χ3n) is 2.18. The molecule has 2 nitrogen and oxygen atoms in total. The topological polar surface area (TPSA) is 24.1 Å². The van der Waals surface area contributed by atoms with Crippen LogP contribution in [-0.4, -0.2) is 29.9 Å². The van der Waals surface area contributed by atoms with E-state index >= 15 is 0 Å². The summed E-state index contributed by atoms with van der Waals surface area (Å²) in [5.74, 6) is 0. The molecular formula is C12H19N2Si. The van der Waals surface area contributed by atoms with Gasteiger partial charge in [-0.05, 0) is 18.5 Å². The van der Waals surface area contributed by atoms with Crippen molar-refractivity contribution in [3.8, 4) is 0 Å². The van der Waals surface area contributed by atoms with Crippen LogP contribution in [0.2, 0.25) is 6.04 Å². The summed E-state index contributed by atoms with van der Waals surface area (Å²) < 4.78 is 0. The summed E-state index contributed by atoms with van der Waals surface area (Å²) >= 11 is 0. The number of hydrogen-bond acceptors (Lipinski definition) is 2. The Kier molecular flexibility index (Phi) is 7.16. The van der Waals surface area contributed by atoms with Gasteiger partial charge in [-0.1, -0.05) is 36.4 Å². The number of nitrogens with one attached hydrogen (secondary N) is 2. The van der Waals surface area contributed by atoms with Crippen LogP contribution in [0.1, 0.15) is 12.0 Å². The first-order chi connectivity index (χ1) is 7.43. The Morgan fingerprint density at radius 3 is 2.40 bits per heavy atom. The molecule has 2 N–H and O–H groups in total. The first-order valence-corrected chi connectivity index (χ1v) is 6.24. The average Bonchev–Trinajstić information content (AvgIpc) is 2.29. The maximum absolute atomic E-state index is 3.45.